The summed E-state index contributed by atoms with van der Waals surface area (Å²) in [7, 11) is 0. The Labute approximate surface area is 114 Å². The van der Waals surface area contributed by atoms with Gasteiger partial charge in [-0.25, -0.2) is 13.2 Å². The van der Waals surface area contributed by atoms with Crippen LogP contribution < -0.4 is 0 Å². The lowest BCUT2D eigenvalue weighted by Crippen LogP contribution is -2.25. The van der Waals surface area contributed by atoms with Gasteiger partial charge in [-0.15, -0.1) is 0 Å². The molecule has 0 radical (unpaired) electrons. The maximum atomic E-state index is 13.9. The minimum Gasteiger partial charge on any atom is -0.264 e. The topological polar surface area (TPSA) is 36.7 Å². The molecule has 0 saturated heterocycles. The molecule has 0 aliphatic rings. The smallest absolute Gasteiger partial charge is 0.194 e. The van der Waals surface area contributed by atoms with Crippen LogP contribution in [0.3, 0.4) is 0 Å². The molecular formula is C15H11F3N2. The molecule has 0 aliphatic heterocycles. The van der Waals surface area contributed by atoms with Crippen molar-refractivity contribution in [3.63, 3.8) is 0 Å². The summed E-state index contributed by atoms with van der Waals surface area (Å²) in [6, 6.07) is 7.33. The van der Waals surface area contributed by atoms with Crippen molar-refractivity contribution in [2.24, 2.45) is 0 Å². The number of hydrogen-bond donors (Lipinski definition) is 0. The molecule has 1 atom stereocenters. The summed E-state index contributed by atoms with van der Waals surface area (Å²) in [5.74, 6) is -4.15. The van der Waals surface area contributed by atoms with Crippen LogP contribution in [0.15, 0.2) is 36.7 Å². The second-order valence-corrected chi connectivity index (χ2v) is 4.70. The molecule has 0 spiro atoms. The van der Waals surface area contributed by atoms with Gasteiger partial charge in [0.1, 0.15) is 0 Å². The molecule has 1 unspecified atom stereocenters. The van der Waals surface area contributed by atoms with Crippen molar-refractivity contribution in [2.75, 3.05) is 0 Å². The molecule has 2 rings (SSSR count). The van der Waals surface area contributed by atoms with Gasteiger partial charge in [0.15, 0.2) is 17.5 Å². The van der Waals surface area contributed by atoms with Crippen LogP contribution >= 0.6 is 0 Å². The predicted molar refractivity (Wildman–Crippen MR) is 67.2 cm³/mol. The maximum Gasteiger partial charge on any atom is 0.194 e. The minimum atomic E-state index is -1.56. The summed E-state index contributed by atoms with van der Waals surface area (Å²) in [4.78, 5) is 3.91. The van der Waals surface area contributed by atoms with E-state index in [4.69, 9.17) is 0 Å². The molecule has 0 saturated carbocycles. The summed E-state index contributed by atoms with van der Waals surface area (Å²) in [6.07, 6.45) is 3.28. The monoisotopic (exact) mass is 276 g/mol. The first-order chi connectivity index (χ1) is 9.48. The van der Waals surface area contributed by atoms with E-state index in [1.54, 1.807) is 24.5 Å². The van der Waals surface area contributed by atoms with Crippen molar-refractivity contribution < 1.29 is 13.2 Å². The Morgan fingerprint density at radius 2 is 1.95 bits per heavy atom. The van der Waals surface area contributed by atoms with Crippen LogP contribution in [-0.2, 0) is 11.8 Å². The number of hydrogen-bond acceptors (Lipinski definition) is 2. The van der Waals surface area contributed by atoms with Crippen molar-refractivity contribution in [2.45, 2.75) is 18.8 Å². The van der Waals surface area contributed by atoms with Gasteiger partial charge >= 0.3 is 0 Å². The molecule has 2 nitrogen and oxygen atoms in total. The number of pyridine rings is 1. The minimum absolute atomic E-state index is 0.152. The molecule has 0 fully saturated rings. The van der Waals surface area contributed by atoms with Crippen molar-refractivity contribution in [1.29, 1.82) is 5.26 Å². The number of nitrogens with zero attached hydrogens (tertiary/aromatic N) is 2. The average Bonchev–Trinajstić information content (AvgIpc) is 2.45. The normalized spacial score (nSPS) is 13.6. The van der Waals surface area contributed by atoms with E-state index < -0.39 is 22.9 Å². The van der Waals surface area contributed by atoms with Gasteiger partial charge in [0.05, 0.1) is 11.5 Å². The fourth-order valence-electron chi connectivity index (χ4n) is 2.06. The van der Waals surface area contributed by atoms with E-state index in [-0.39, 0.29) is 12.0 Å². The number of rotatable bonds is 3. The zero-order valence-electron chi connectivity index (χ0n) is 10.7. The van der Waals surface area contributed by atoms with Crippen LogP contribution in [0.5, 0.6) is 0 Å². The summed E-state index contributed by atoms with van der Waals surface area (Å²) in [6.45, 7) is 1.48. The van der Waals surface area contributed by atoms with Gasteiger partial charge in [-0.1, -0.05) is 12.1 Å². The van der Waals surface area contributed by atoms with E-state index in [9.17, 15) is 18.4 Å². The third-order valence-electron chi connectivity index (χ3n) is 3.16. The number of benzene rings is 1. The fraction of sp³-hybridized carbons (Fsp3) is 0.200. The van der Waals surface area contributed by atoms with E-state index in [1.165, 1.54) is 6.92 Å². The Morgan fingerprint density at radius 3 is 2.55 bits per heavy atom. The lowest BCUT2D eigenvalue weighted by atomic mass is 9.78. The molecule has 1 aromatic carbocycles. The van der Waals surface area contributed by atoms with Crippen LogP contribution in [0.4, 0.5) is 13.2 Å². The van der Waals surface area contributed by atoms with Crippen LogP contribution in [0, 0.1) is 28.8 Å². The first kappa shape index (κ1) is 14.1. The zero-order valence-corrected chi connectivity index (χ0v) is 10.7. The molecule has 0 N–H and O–H groups in total. The highest BCUT2D eigenvalue weighted by molar-refractivity contribution is 5.36. The number of halogens is 3. The van der Waals surface area contributed by atoms with Crippen LogP contribution in [0.25, 0.3) is 0 Å². The Bertz CT molecular complexity index is 665. The van der Waals surface area contributed by atoms with E-state index in [0.29, 0.717) is 5.56 Å². The highest BCUT2D eigenvalue weighted by Crippen LogP contribution is 2.31. The molecule has 2 aromatic rings. The van der Waals surface area contributed by atoms with Crippen LogP contribution in [0.2, 0.25) is 0 Å². The average molecular weight is 276 g/mol. The fourth-order valence-corrected chi connectivity index (χ4v) is 2.06. The molecular weight excluding hydrogens is 265 g/mol. The SMILES string of the molecule is CC(C#N)(Cc1cccnc1)c1ccc(F)c(F)c1F. The Kier molecular flexibility index (Phi) is 3.75. The van der Waals surface area contributed by atoms with E-state index in [2.05, 4.69) is 4.98 Å². The predicted octanol–water partition coefficient (Wildman–Crippen LogP) is 3.52. The first-order valence-corrected chi connectivity index (χ1v) is 5.92. The van der Waals surface area contributed by atoms with Crippen molar-refractivity contribution in [3.8, 4) is 6.07 Å². The van der Waals surface area contributed by atoms with E-state index in [0.717, 1.165) is 12.1 Å². The third-order valence-corrected chi connectivity index (χ3v) is 3.16. The number of aromatic nitrogens is 1. The molecule has 1 aromatic heterocycles. The van der Waals surface area contributed by atoms with Crippen LogP contribution in [0.1, 0.15) is 18.1 Å². The standard InChI is InChI=1S/C15H11F3N2/c1-15(9-19,7-10-3-2-6-20-8-10)11-4-5-12(16)14(18)13(11)17/h2-6,8H,7H2,1H3. The Morgan fingerprint density at radius 1 is 1.20 bits per heavy atom. The van der Waals surface area contributed by atoms with E-state index >= 15 is 0 Å². The molecule has 1 heterocycles. The van der Waals surface area contributed by atoms with Gasteiger partial charge in [0.2, 0.25) is 0 Å². The summed E-state index contributed by atoms with van der Waals surface area (Å²) < 4.78 is 40.2. The van der Waals surface area contributed by atoms with Gasteiger partial charge in [-0.3, -0.25) is 4.98 Å². The summed E-state index contributed by atoms with van der Waals surface area (Å²) in [5.41, 5.74) is -0.759. The maximum absolute atomic E-state index is 13.9. The molecule has 102 valence electrons. The summed E-state index contributed by atoms with van der Waals surface area (Å²) >= 11 is 0. The second-order valence-electron chi connectivity index (χ2n) is 4.70. The van der Waals surface area contributed by atoms with Crippen molar-refractivity contribution in [1.82, 2.24) is 4.98 Å². The Hall–Kier alpha value is -2.35. The molecule has 0 aliphatic carbocycles. The molecule has 0 bridgehead atoms. The lowest BCUT2D eigenvalue weighted by molar-refractivity contribution is 0.426. The quantitative estimate of drug-likeness (QED) is 0.804. The lowest BCUT2D eigenvalue weighted by Gasteiger charge is -2.22. The number of nitriles is 1. The third kappa shape index (κ3) is 2.50. The zero-order chi connectivity index (χ0) is 14.8. The van der Waals surface area contributed by atoms with Crippen molar-refractivity contribution >= 4 is 0 Å². The first-order valence-electron chi connectivity index (χ1n) is 5.92. The van der Waals surface area contributed by atoms with Gasteiger partial charge in [0, 0.05) is 18.0 Å². The van der Waals surface area contributed by atoms with Crippen molar-refractivity contribution in [3.05, 3.63) is 65.2 Å². The Balaban J connectivity index is 2.47. The molecule has 20 heavy (non-hydrogen) atoms. The van der Waals surface area contributed by atoms with Gasteiger partial charge in [0.25, 0.3) is 0 Å². The molecule has 0 amide bonds. The van der Waals surface area contributed by atoms with Crippen LogP contribution in [-0.4, -0.2) is 4.98 Å². The van der Waals surface area contributed by atoms with Gasteiger partial charge in [-0.05, 0) is 31.0 Å². The largest absolute Gasteiger partial charge is 0.264 e. The highest BCUT2D eigenvalue weighted by Gasteiger charge is 2.32. The second kappa shape index (κ2) is 5.33. The van der Waals surface area contributed by atoms with Gasteiger partial charge < -0.3 is 0 Å². The molecule has 5 heteroatoms. The van der Waals surface area contributed by atoms with E-state index in [1.807, 2.05) is 6.07 Å². The summed E-state index contributed by atoms with van der Waals surface area (Å²) in [5, 5.41) is 9.33. The highest BCUT2D eigenvalue weighted by atomic mass is 19.2. The van der Waals surface area contributed by atoms with Gasteiger partial charge in [-0.2, -0.15) is 5.26 Å².